The van der Waals surface area contributed by atoms with Gasteiger partial charge in [-0.1, -0.05) is 23.8 Å². The van der Waals surface area contributed by atoms with Crippen molar-refractivity contribution in [1.82, 2.24) is 10.2 Å². The maximum absolute atomic E-state index is 11.9. The summed E-state index contributed by atoms with van der Waals surface area (Å²) in [5, 5.41) is 11.7. The van der Waals surface area contributed by atoms with Crippen molar-refractivity contribution < 1.29 is 14.7 Å². The van der Waals surface area contributed by atoms with Gasteiger partial charge in [0, 0.05) is 19.6 Å². The van der Waals surface area contributed by atoms with Gasteiger partial charge in [-0.15, -0.1) is 0 Å². The van der Waals surface area contributed by atoms with Crippen molar-refractivity contribution in [1.29, 1.82) is 0 Å². The third kappa shape index (κ3) is 3.36. The third-order valence-corrected chi connectivity index (χ3v) is 3.68. The van der Waals surface area contributed by atoms with E-state index in [-0.39, 0.29) is 12.3 Å². The van der Waals surface area contributed by atoms with E-state index in [1.54, 1.807) is 0 Å². The lowest BCUT2D eigenvalue weighted by atomic mass is 10.0. The van der Waals surface area contributed by atoms with Crippen molar-refractivity contribution in [3.8, 4) is 0 Å². The quantitative estimate of drug-likeness (QED) is 0.863. The molecule has 1 atom stereocenters. The summed E-state index contributed by atoms with van der Waals surface area (Å²) in [5.74, 6) is -1.14. The van der Waals surface area contributed by atoms with E-state index in [0.29, 0.717) is 19.6 Å². The number of hydrogen-bond acceptors (Lipinski definition) is 3. The molecule has 2 rings (SSSR count). The molecule has 1 saturated heterocycles. The van der Waals surface area contributed by atoms with Gasteiger partial charge < -0.3 is 10.4 Å². The van der Waals surface area contributed by atoms with E-state index in [0.717, 1.165) is 5.56 Å². The molecule has 0 aliphatic carbocycles. The first kappa shape index (κ1) is 14.5. The zero-order valence-corrected chi connectivity index (χ0v) is 11.8. The van der Waals surface area contributed by atoms with Crippen LogP contribution in [-0.2, 0) is 16.1 Å². The van der Waals surface area contributed by atoms with Gasteiger partial charge >= 0.3 is 5.97 Å². The van der Waals surface area contributed by atoms with Crippen LogP contribution in [0.5, 0.6) is 0 Å². The second-order valence-electron chi connectivity index (χ2n) is 5.31. The van der Waals surface area contributed by atoms with Gasteiger partial charge in [-0.3, -0.25) is 14.5 Å². The molecule has 1 amide bonds. The van der Waals surface area contributed by atoms with Crippen molar-refractivity contribution in [3.63, 3.8) is 0 Å². The van der Waals surface area contributed by atoms with Crippen molar-refractivity contribution >= 4 is 11.9 Å². The predicted octanol–water partition coefficient (Wildman–Crippen LogP) is 1.08. The number of aryl methyl sites for hydroxylation is 2. The highest BCUT2D eigenvalue weighted by Crippen LogP contribution is 2.17. The van der Waals surface area contributed by atoms with Crippen molar-refractivity contribution in [2.75, 3.05) is 13.1 Å². The van der Waals surface area contributed by atoms with Crippen LogP contribution in [0.2, 0.25) is 0 Å². The third-order valence-electron chi connectivity index (χ3n) is 3.68. The average molecular weight is 276 g/mol. The molecule has 2 N–H and O–H groups in total. The molecule has 1 aromatic rings. The Labute approximate surface area is 118 Å². The fourth-order valence-corrected chi connectivity index (χ4v) is 2.58. The molecule has 1 heterocycles. The number of nitrogens with zero attached hydrogens (tertiary/aromatic N) is 1. The number of aliphatic carboxylic acids is 1. The molecular weight excluding hydrogens is 256 g/mol. The number of benzene rings is 1. The highest BCUT2D eigenvalue weighted by Gasteiger charge is 2.31. The van der Waals surface area contributed by atoms with Gasteiger partial charge in [-0.25, -0.2) is 0 Å². The van der Waals surface area contributed by atoms with Crippen LogP contribution in [0.3, 0.4) is 0 Å². The van der Waals surface area contributed by atoms with Gasteiger partial charge in [0.2, 0.25) is 5.91 Å². The minimum atomic E-state index is -0.947. The van der Waals surface area contributed by atoms with E-state index in [1.165, 1.54) is 11.1 Å². The molecule has 0 spiro atoms. The molecule has 5 nitrogen and oxygen atoms in total. The second kappa shape index (κ2) is 6.05. The van der Waals surface area contributed by atoms with E-state index >= 15 is 0 Å². The summed E-state index contributed by atoms with van der Waals surface area (Å²) >= 11 is 0. The highest BCUT2D eigenvalue weighted by atomic mass is 16.4. The van der Waals surface area contributed by atoms with Crippen LogP contribution in [0.15, 0.2) is 18.2 Å². The normalized spacial score (nSPS) is 19.7. The Hall–Kier alpha value is -1.88. The summed E-state index contributed by atoms with van der Waals surface area (Å²) < 4.78 is 0. The number of carbonyl (C=O) groups is 2. The van der Waals surface area contributed by atoms with Gasteiger partial charge in [0.25, 0.3) is 0 Å². The van der Waals surface area contributed by atoms with Crippen molar-refractivity contribution in [2.45, 2.75) is 32.9 Å². The highest BCUT2D eigenvalue weighted by molar-refractivity contribution is 5.86. The molecule has 1 aliphatic rings. The molecule has 0 saturated carbocycles. The molecule has 1 fully saturated rings. The van der Waals surface area contributed by atoms with E-state index in [1.807, 2.05) is 24.8 Å². The number of nitrogens with one attached hydrogen (secondary N) is 1. The lowest BCUT2D eigenvalue weighted by molar-refractivity contribution is -0.143. The second-order valence-corrected chi connectivity index (χ2v) is 5.31. The Morgan fingerprint density at radius 1 is 1.45 bits per heavy atom. The van der Waals surface area contributed by atoms with E-state index < -0.39 is 12.0 Å². The Morgan fingerprint density at radius 3 is 2.85 bits per heavy atom. The number of rotatable bonds is 4. The van der Waals surface area contributed by atoms with E-state index in [4.69, 9.17) is 5.11 Å². The van der Waals surface area contributed by atoms with Crippen LogP contribution in [0.1, 0.15) is 23.1 Å². The fraction of sp³-hybridized carbons (Fsp3) is 0.467. The molecule has 108 valence electrons. The number of carboxylic acid groups (broad SMARTS) is 1. The fourth-order valence-electron chi connectivity index (χ4n) is 2.58. The largest absolute Gasteiger partial charge is 0.481 e. The zero-order valence-electron chi connectivity index (χ0n) is 11.8. The van der Waals surface area contributed by atoms with Crippen LogP contribution < -0.4 is 5.32 Å². The summed E-state index contributed by atoms with van der Waals surface area (Å²) in [4.78, 5) is 24.7. The minimum absolute atomic E-state index is 0.156. The van der Waals surface area contributed by atoms with Crippen LogP contribution >= 0.6 is 0 Å². The maximum Gasteiger partial charge on any atom is 0.305 e. The number of hydrogen-bond donors (Lipinski definition) is 2. The van der Waals surface area contributed by atoms with E-state index in [9.17, 15) is 9.59 Å². The first-order chi connectivity index (χ1) is 9.47. The first-order valence-electron chi connectivity index (χ1n) is 6.77. The van der Waals surface area contributed by atoms with Crippen LogP contribution in [0.25, 0.3) is 0 Å². The summed E-state index contributed by atoms with van der Waals surface area (Å²) in [6.07, 6.45) is -0.156. The van der Waals surface area contributed by atoms with Gasteiger partial charge in [0.15, 0.2) is 0 Å². The van der Waals surface area contributed by atoms with Crippen LogP contribution in [0, 0.1) is 13.8 Å². The summed E-state index contributed by atoms with van der Waals surface area (Å²) in [5.41, 5.74) is 3.51. The molecular formula is C15H20N2O3. The lowest BCUT2D eigenvalue weighted by Crippen LogP contribution is -2.55. The molecule has 1 aromatic carbocycles. The zero-order chi connectivity index (χ0) is 14.7. The van der Waals surface area contributed by atoms with Gasteiger partial charge in [0.05, 0.1) is 6.42 Å². The Kier molecular flexibility index (Phi) is 4.39. The summed E-state index contributed by atoms with van der Waals surface area (Å²) in [6, 6.07) is 5.61. The lowest BCUT2D eigenvalue weighted by Gasteiger charge is -2.34. The molecule has 0 radical (unpaired) electrons. The molecule has 0 bridgehead atoms. The number of piperazine rings is 1. The Bertz CT molecular complexity index is 528. The predicted molar refractivity (Wildman–Crippen MR) is 75.4 cm³/mol. The number of carboxylic acids is 1. The molecule has 1 aliphatic heterocycles. The molecule has 5 heteroatoms. The monoisotopic (exact) mass is 276 g/mol. The molecule has 1 unspecified atom stereocenters. The van der Waals surface area contributed by atoms with Crippen molar-refractivity contribution in [3.05, 3.63) is 34.9 Å². The van der Waals surface area contributed by atoms with Crippen LogP contribution in [-0.4, -0.2) is 41.0 Å². The number of amides is 1. The number of carbonyl (C=O) groups excluding carboxylic acids is 1. The average Bonchev–Trinajstić information content (AvgIpc) is 2.36. The van der Waals surface area contributed by atoms with Gasteiger partial charge in [-0.2, -0.15) is 0 Å². The topological polar surface area (TPSA) is 69.6 Å². The summed E-state index contributed by atoms with van der Waals surface area (Å²) in [7, 11) is 0. The SMILES string of the molecule is Cc1ccc(CN2CCNC(=O)C2CC(=O)O)c(C)c1. The smallest absolute Gasteiger partial charge is 0.305 e. The first-order valence-corrected chi connectivity index (χ1v) is 6.77. The summed E-state index contributed by atoms with van der Waals surface area (Å²) in [6.45, 7) is 5.94. The van der Waals surface area contributed by atoms with Gasteiger partial charge in [-0.05, 0) is 25.0 Å². The standard InChI is InChI=1S/C15H20N2O3/c1-10-3-4-12(11(2)7-10)9-17-6-5-16-15(20)13(17)8-14(18)19/h3-4,7,13H,5-6,8-9H2,1-2H3,(H,16,20)(H,18,19). The molecule has 0 aromatic heterocycles. The van der Waals surface area contributed by atoms with Gasteiger partial charge in [0.1, 0.15) is 6.04 Å². The maximum atomic E-state index is 11.9. The Morgan fingerprint density at radius 2 is 2.20 bits per heavy atom. The van der Waals surface area contributed by atoms with Crippen LogP contribution in [0.4, 0.5) is 0 Å². The van der Waals surface area contributed by atoms with E-state index in [2.05, 4.69) is 17.4 Å². The minimum Gasteiger partial charge on any atom is -0.481 e. The molecule has 20 heavy (non-hydrogen) atoms. The Balaban J connectivity index is 2.16. The van der Waals surface area contributed by atoms with Crippen molar-refractivity contribution in [2.24, 2.45) is 0 Å².